The lowest BCUT2D eigenvalue weighted by atomic mass is 9.93. The molecule has 0 radical (unpaired) electrons. The van der Waals surface area contributed by atoms with E-state index in [1.807, 2.05) is 31.2 Å². The normalized spacial score (nSPS) is 23.3. The van der Waals surface area contributed by atoms with E-state index in [-0.39, 0.29) is 23.7 Å². The van der Waals surface area contributed by atoms with E-state index < -0.39 is 12.0 Å². The number of nitrogens with one attached hydrogen (secondary N) is 1. The molecule has 1 aliphatic carbocycles. The number of hydrogen-bond acceptors (Lipinski definition) is 3. The van der Waals surface area contributed by atoms with Crippen molar-refractivity contribution in [3.63, 3.8) is 0 Å². The number of aryl methyl sites for hydroxylation is 1. The van der Waals surface area contributed by atoms with Crippen molar-refractivity contribution in [3.05, 3.63) is 35.4 Å². The van der Waals surface area contributed by atoms with Crippen LogP contribution in [0.3, 0.4) is 0 Å². The van der Waals surface area contributed by atoms with Gasteiger partial charge in [-0.15, -0.1) is 0 Å². The number of carbonyl (C=O) groups is 2. The summed E-state index contributed by atoms with van der Waals surface area (Å²) in [6.45, 7) is 3.38. The molecule has 2 aliphatic rings. The summed E-state index contributed by atoms with van der Waals surface area (Å²) in [7, 11) is 0. The van der Waals surface area contributed by atoms with Gasteiger partial charge in [0.1, 0.15) is 0 Å². The zero-order chi connectivity index (χ0) is 16.4. The minimum absolute atomic E-state index is 0.00622. The maximum atomic E-state index is 12.6. The van der Waals surface area contributed by atoms with E-state index in [1.54, 1.807) is 0 Å². The fourth-order valence-corrected chi connectivity index (χ4v) is 3.71. The van der Waals surface area contributed by atoms with Crippen LogP contribution < -0.4 is 5.32 Å². The summed E-state index contributed by atoms with van der Waals surface area (Å²) in [4.78, 5) is 23.8. The van der Waals surface area contributed by atoms with Gasteiger partial charge in [-0.2, -0.15) is 0 Å². The highest BCUT2D eigenvalue weighted by molar-refractivity contribution is 5.83. The summed E-state index contributed by atoms with van der Waals surface area (Å²) < 4.78 is 5.38. The van der Waals surface area contributed by atoms with Crippen molar-refractivity contribution in [2.75, 3.05) is 13.2 Å². The number of hydrogen-bond donors (Lipinski definition) is 2. The maximum Gasteiger partial charge on any atom is 0.305 e. The number of aliphatic carboxylic acids is 1. The van der Waals surface area contributed by atoms with Crippen LogP contribution >= 0.6 is 0 Å². The van der Waals surface area contributed by atoms with Crippen molar-refractivity contribution in [1.29, 1.82) is 0 Å². The van der Waals surface area contributed by atoms with Gasteiger partial charge >= 0.3 is 5.97 Å². The van der Waals surface area contributed by atoms with Crippen molar-refractivity contribution in [2.45, 2.75) is 38.6 Å². The highest BCUT2D eigenvalue weighted by atomic mass is 16.5. The molecule has 2 N–H and O–H groups in total. The van der Waals surface area contributed by atoms with E-state index in [0.717, 1.165) is 43.6 Å². The minimum atomic E-state index is -0.907. The molecular weight excluding hydrogens is 294 g/mol. The van der Waals surface area contributed by atoms with Crippen LogP contribution in [-0.2, 0) is 14.3 Å². The van der Waals surface area contributed by atoms with Crippen LogP contribution in [0.1, 0.15) is 42.9 Å². The van der Waals surface area contributed by atoms with Crippen molar-refractivity contribution in [3.8, 4) is 0 Å². The van der Waals surface area contributed by atoms with Crippen molar-refractivity contribution in [2.24, 2.45) is 11.3 Å². The summed E-state index contributed by atoms with van der Waals surface area (Å²) in [5.41, 5.74) is 1.97. The molecule has 1 saturated heterocycles. The third kappa shape index (κ3) is 3.39. The zero-order valence-electron chi connectivity index (χ0n) is 13.4. The van der Waals surface area contributed by atoms with Crippen LogP contribution in [0, 0.1) is 18.3 Å². The molecule has 3 rings (SSSR count). The topological polar surface area (TPSA) is 75.6 Å². The molecule has 5 heteroatoms. The monoisotopic (exact) mass is 317 g/mol. The Morgan fingerprint density at radius 3 is 2.70 bits per heavy atom. The van der Waals surface area contributed by atoms with Crippen LogP contribution in [0.25, 0.3) is 0 Å². The molecule has 1 aromatic carbocycles. The lowest BCUT2D eigenvalue weighted by Gasteiger charge is -2.24. The number of rotatable bonds is 5. The standard InChI is InChI=1S/C18H23NO4/c1-12-4-2-3-5-13(12)15(10-16(20)21)19-17(22)14-11-18(14)6-8-23-9-7-18/h2-5,14-15H,6-11H2,1H3,(H,19,22)(H,20,21)/t14-,15+/m0/s1. The van der Waals surface area contributed by atoms with Gasteiger partial charge in [0, 0.05) is 19.1 Å². The molecule has 2 fully saturated rings. The highest BCUT2D eigenvalue weighted by Gasteiger charge is 2.58. The van der Waals surface area contributed by atoms with Crippen molar-refractivity contribution in [1.82, 2.24) is 5.32 Å². The summed E-state index contributed by atoms with van der Waals surface area (Å²) in [6, 6.07) is 7.14. The maximum absolute atomic E-state index is 12.6. The Morgan fingerprint density at radius 2 is 2.04 bits per heavy atom. The molecule has 1 saturated carbocycles. The lowest BCUT2D eigenvalue weighted by Crippen LogP contribution is -2.34. The molecule has 1 heterocycles. The number of carboxylic acids is 1. The minimum Gasteiger partial charge on any atom is -0.481 e. The molecule has 2 atom stereocenters. The van der Waals surface area contributed by atoms with Gasteiger partial charge in [-0.3, -0.25) is 9.59 Å². The second-order valence-corrected chi connectivity index (χ2v) is 6.75. The molecule has 1 aliphatic heterocycles. The fourth-order valence-electron chi connectivity index (χ4n) is 3.71. The Balaban J connectivity index is 1.71. The van der Waals surface area contributed by atoms with Crippen molar-refractivity contribution >= 4 is 11.9 Å². The van der Waals surface area contributed by atoms with Gasteiger partial charge in [-0.25, -0.2) is 0 Å². The van der Waals surface area contributed by atoms with E-state index in [1.165, 1.54) is 0 Å². The Labute approximate surface area is 136 Å². The largest absolute Gasteiger partial charge is 0.481 e. The van der Waals surface area contributed by atoms with Crippen LogP contribution in [0.4, 0.5) is 0 Å². The van der Waals surface area contributed by atoms with Gasteiger partial charge in [-0.05, 0) is 42.7 Å². The molecule has 23 heavy (non-hydrogen) atoms. The van der Waals surface area contributed by atoms with Gasteiger partial charge in [-0.1, -0.05) is 24.3 Å². The average Bonchev–Trinajstić information content (AvgIpc) is 3.20. The zero-order valence-corrected chi connectivity index (χ0v) is 13.4. The Morgan fingerprint density at radius 1 is 1.35 bits per heavy atom. The third-order valence-electron chi connectivity index (χ3n) is 5.25. The van der Waals surface area contributed by atoms with Crippen LogP contribution in [0.15, 0.2) is 24.3 Å². The number of ether oxygens (including phenoxy) is 1. The Hall–Kier alpha value is -1.88. The first-order valence-electron chi connectivity index (χ1n) is 8.17. The highest BCUT2D eigenvalue weighted by Crippen LogP contribution is 2.59. The molecule has 0 bridgehead atoms. The molecule has 1 amide bonds. The van der Waals surface area contributed by atoms with E-state index in [2.05, 4.69) is 5.32 Å². The van der Waals surface area contributed by atoms with Crippen LogP contribution in [-0.4, -0.2) is 30.2 Å². The number of carbonyl (C=O) groups excluding carboxylic acids is 1. The number of benzene rings is 1. The summed E-state index contributed by atoms with van der Waals surface area (Å²) >= 11 is 0. The molecular formula is C18H23NO4. The van der Waals surface area contributed by atoms with Gasteiger partial charge in [0.05, 0.1) is 12.5 Å². The first-order chi connectivity index (χ1) is 11.0. The lowest BCUT2D eigenvalue weighted by molar-refractivity contribution is -0.137. The molecule has 0 unspecified atom stereocenters. The van der Waals surface area contributed by atoms with Crippen LogP contribution in [0.5, 0.6) is 0 Å². The second kappa shape index (κ2) is 6.32. The van der Waals surface area contributed by atoms with Gasteiger partial charge in [0.2, 0.25) is 5.91 Å². The first kappa shape index (κ1) is 16.0. The molecule has 1 spiro atoms. The van der Waals surface area contributed by atoms with Gasteiger partial charge in [0.15, 0.2) is 0 Å². The quantitative estimate of drug-likeness (QED) is 0.874. The van der Waals surface area contributed by atoms with Gasteiger partial charge in [0.25, 0.3) is 0 Å². The summed E-state index contributed by atoms with van der Waals surface area (Å²) in [6.07, 6.45) is 2.66. The SMILES string of the molecule is Cc1ccccc1[C@@H](CC(=O)O)NC(=O)[C@@H]1CC12CCOCC2. The number of amides is 1. The van der Waals surface area contributed by atoms with Gasteiger partial charge < -0.3 is 15.2 Å². The molecule has 124 valence electrons. The van der Waals surface area contributed by atoms with E-state index >= 15 is 0 Å². The average molecular weight is 317 g/mol. The van der Waals surface area contributed by atoms with Crippen molar-refractivity contribution < 1.29 is 19.4 Å². The summed E-state index contributed by atoms with van der Waals surface area (Å²) in [5.74, 6) is -0.914. The smallest absolute Gasteiger partial charge is 0.305 e. The molecule has 0 aromatic heterocycles. The number of carboxylic acid groups (broad SMARTS) is 1. The fraction of sp³-hybridized carbons (Fsp3) is 0.556. The molecule has 1 aromatic rings. The Bertz CT molecular complexity index is 607. The van der Waals surface area contributed by atoms with E-state index in [9.17, 15) is 14.7 Å². The molecule has 5 nitrogen and oxygen atoms in total. The second-order valence-electron chi connectivity index (χ2n) is 6.75. The Kier molecular flexibility index (Phi) is 4.39. The first-order valence-corrected chi connectivity index (χ1v) is 8.17. The van der Waals surface area contributed by atoms with E-state index in [4.69, 9.17) is 4.74 Å². The van der Waals surface area contributed by atoms with E-state index in [0.29, 0.717) is 0 Å². The predicted octanol–water partition coefficient (Wildman–Crippen LogP) is 2.44. The predicted molar refractivity (Wildman–Crippen MR) is 84.9 cm³/mol. The summed E-state index contributed by atoms with van der Waals surface area (Å²) in [5, 5.41) is 12.2. The van der Waals surface area contributed by atoms with Crippen LogP contribution in [0.2, 0.25) is 0 Å². The third-order valence-corrected chi connectivity index (χ3v) is 5.25.